The first-order chi connectivity index (χ1) is 7.08. The number of methoxy groups -OCH3 is 1. The first-order valence-electron chi connectivity index (χ1n) is 5.09. The van der Waals surface area contributed by atoms with Crippen molar-refractivity contribution in [1.29, 1.82) is 0 Å². The monoisotopic (exact) mass is 233 g/mol. The molecule has 0 N–H and O–H groups in total. The Morgan fingerprint density at radius 3 is 2.47 bits per heavy atom. The van der Waals surface area contributed by atoms with Crippen LogP contribution in [0.5, 0.6) is 0 Å². The van der Waals surface area contributed by atoms with Crippen molar-refractivity contribution in [1.82, 2.24) is 4.90 Å². The van der Waals surface area contributed by atoms with E-state index in [1.165, 1.54) is 0 Å². The number of nitrogens with zero attached hydrogens (tertiary/aromatic N) is 1. The SMILES string of the molecule is CC=C(C(C)C)N(CCOC)C(=O)CCl. The zero-order valence-electron chi connectivity index (χ0n) is 9.92. The maximum absolute atomic E-state index is 11.6. The van der Waals surface area contributed by atoms with Crippen LogP contribution in [0, 0.1) is 5.92 Å². The fourth-order valence-electron chi connectivity index (χ4n) is 1.45. The summed E-state index contributed by atoms with van der Waals surface area (Å²) in [6.07, 6.45) is 1.95. The molecular formula is C11H20ClNO2. The van der Waals surface area contributed by atoms with Gasteiger partial charge in [0.05, 0.1) is 6.61 Å². The Labute approximate surface area is 97.0 Å². The summed E-state index contributed by atoms with van der Waals surface area (Å²) in [6.45, 7) is 7.11. The average molecular weight is 234 g/mol. The van der Waals surface area contributed by atoms with Crippen molar-refractivity contribution in [3.8, 4) is 0 Å². The van der Waals surface area contributed by atoms with Crippen LogP contribution in [0.1, 0.15) is 20.8 Å². The van der Waals surface area contributed by atoms with Crippen molar-refractivity contribution >= 4 is 17.5 Å². The van der Waals surface area contributed by atoms with Crippen LogP contribution in [-0.4, -0.2) is 36.9 Å². The van der Waals surface area contributed by atoms with Crippen molar-refractivity contribution < 1.29 is 9.53 Å². The van der Waals surface area contributed by atoms with Crippen molar-refractivity contribution in [2.24, 2.45) is 5.92 Å². The molecule has 0 saturated heterocycles. The maximum atomic E-state index is 11.6. The third-order valence-corrected chi connectivity index (χ3v) is 2.36. The molecule has 0 aliphatic carbocycles. The number of hydrogen-bond acceptors (Lipinski definition) is 2. The molecule has 0 aliphatic heterocycles. The van der Waals surface area contributed by atoms with Crippen LogP contribution in [0.2, 0.25) is 0 Å². The minimum Gasteiger partial charge on any atom is -0.383 e. The molecule has 0 bridgehead atoms. The molecule has 88 valence electrons. The fourth-order valence-corrected chi connectivity index (χ4v) is 1.60. The minimum atomic E-state index is -0.0736. The number of carbonyl (C=O) groups is 1. The lowest BCUT2D eigenvalue weighted by molar-refractivity contribution is -0.127. The van der Waals surface area contributed by atoms with Gasteiger partial charge in [-0.15, -0.1) is 11.6 Å². The Bertz CT molecular complexity index is 227. The number of amides is 1. The number of halogens is 1. The van der Waals surface area contributed by atoms with E-state index < -0.39 is 0 Å². The Balaban J connectivity index is 4.67. The van der Waals surface area contributed by atoms with Gasteiger partial charge in [-0.25, -0.2) is 0 Å². The largest absolute Gasteiger partial charge is 0.383 e. The van der Waals surface area contributed by atoms with E-state index in [-0.39, 0.29) is 11.8 Å². The van der Waals surface area contributed by atoms with E-state index in [1.807, 2.05) is 13.0 Å². The number of carbonyl (C=O) groups excluding carboxylic acids is 1. The second kappa shape index (κ2) is 7.71. The highest BCUT2D eigenvalue weighted by Crippen LogP contribution is 2.15. The lowest BCUT2D eigenvalue weighted by Crippen LogP contribution is -2.35. The van der Waals surface area contributed by atoms with E-state index >= 15 is 0 Å². The second-order valence-corrected chi connectivity index (χ2v) is 3.81. The molecule has 0 aromatic heterocycles. The van der Waals surface area contributed by atoms with Gasteiger partial charge >= 0.3 is 0 Å². The lowest BCUT2D eigenvalue weighted by atomic mass is 10.1. The normalized spacial score (nSPS) is 12.0. The first kappa shape index (κ1) is 14.5. The van der Waals surface area contributed by atoms with Gasteiger partial charge in [-0.2, -0.15) is 0 Å². The van der Waals surface area contributed by atoms with Gasteiger partial charge in [0, 0.05) is 19.4 Å². The average Bonchev–Trinajstić information content (AvgIpc) is 2.22. The fraction of sp³-hybridized carbons (Fsp3) is 0.727. The predicted molar refractivity (Wildman–Crippen MR) is 62.9 cm³/mol. The molecular weight excluding hydrogens is 214 g/mol. The molecule has 0 fully saturated rings. The second-order valence-electron chi connectivity index (χ2n) is 3.54. The van der Waals surface area contributed by atoms with Gasteiger partial charge in [-0.1, -0.05) is 19.9 Å². The summed E-state index contributed by atoms with van der Waals surface area (Å²) < 4.78 is 4.98. The topological polar surface area (TPSA) is 29.5 Å². The van der Waals surface area contributed by atoms with Crippen molar-refractivity contribution in [3.63, 3.8) is 0 Å². The summed E-state index contributed by atoms with van der Waals surface area (Å²) in [7, 11) is 1.62. The molecule has 0 spiro atoms. The number of alkyl halides is 1. The molecule has 0 atom stereocenters. The van der Waals surface area contributed by atoms with Gasteiger partial charge in [-0.05, 0) is 12.8 Å². The van der Waals surface area contributed by atoms with Crippen LogP contribution in [0.15, 0.2) is 11.8 Å². The molecule has 4 heteroatoms. The summed E-state index contributed by atoms with van der Waals surface area (Å²) in [4.78, 5) is 13.3. The summed E-state index contributed by atoms with van der Waals surface area (Å²) in [6, 6.07) is 0. The molecule has 0 saturated carbocycles. The number of ether oxygens (including phenoxy) is 1. The third kappa shape index (κ3) is 4.67. The van der Waals surface area contributed by atoms with Gasteiger partial charge < -0.3 is 9.64 Å². The van der Waals surface area contributed by atoms with Crippen molar-refractivity contribution in [2.75, 3.05) is 26.1 Å². The zero-order valence-corrected chi connectivity index (χ0v) is 10.7. The van der Waals surface area contributed by atoms with Gasteiger partial charge in [0.15, 0.2) is 0 Å². The van der Waals surface area contributed by atoms with Gasteiger partial charge in [0.1, 0.15) is 5.88 Å². The van der Waals surface area contributed by atoms with E-state index in [2.05, 4.69) is 13.8 Å². The molecule has 0 aliphatic rings. The van der Waals surface area contributed by atoms with Gasteiger partial charge in [0.2, 0.25) is 5.91 Å². The van der Waals surface area contributed by atoms with Crippen LogP contribution in [-0.2, 0) is 9.53 Å². The molecule has 0 radical (unpaired) electrons. The highest BCUT2D eigenvalue weighted by molar-refractivity contribution is 6.27. The molecule has 15 heavy (non-hydrogen) atoms. The van der Waals surface area contributed by atoms with Crippen molar-refractivity contribution in [2.45, 2.75) is 20.8 Å². The first-order valence-corrected chi connectivity index (χ1v) is 5.63. The predicted octanol–water partition coefficient (Wildman–Crippen LogP) is 2.26. The van der Waals surface area contributed by atoms with Crippen LogP contribution in [0.3, 0.4) is 0 Å². The van der Waals surface area contributed by atoms with Crippen LogP contribution in [0.25, 0.3) is 0 Å². The van der Waals surface area contributed by atoms with Crippen LogP contribution >= 0.6 is 11.6 Å². The Morgan fingerprint density at radius 1 is 1.53 bits per heavy atom. The summed E-state index contributed by atoms with van der Waals surface area (Å²) in [5, 5.41) is 0. The van der Waals surface area contributed by atoms with Gasteiger partial charge in [0.25, 0.3) is 0 Å². The number of allylic oxidation sites excluding steroid dienone is 2. The summed E-state index contributed by atoms with van der Waals surface area (Å²) in [5.74, 6) is 0.239. The Kier molecular flexibility index (Phi) is 7.44. The minimum absolute atomic E-state index is 0.00771. The third-order valence-electron chi connectivity index (χ3n) is 2.13. The number of hydrogen-bond donors (Lipinski definition) is 0. The molecule has 0 aromatic rings. The quantitative estimate of drug-likeness (QED) is 0.659. The molecule has 0 heterocycles. The Morgan fingerprint density at radius 2 is 2.13 bits per heavy atom. The Hall–Kier alpha value is -0.540. The zero-order chi connectivity index (χ0) is 11.8. The lowest BCUT2D eigenvalue weighted by Gasteiger charge is -2.27. The highest BCUT2D eigenvalue weighted by Gasteiger charge is 2.18. The van der Waals surface area contributed by atoms with E-state index in [1.54, 1.807) is 12.0 Å². The molecule has 0 unspecified atom stereocenters. The van der Waals surface area contributed by atoms with Gasteiger partial charge in [-0.3, -0.25) is 4.79 Å². The maximum Gasteiger partial charge on any atom is 0.241 e. The van der Waals surface area contributed by atoms with E-state index in [0.29, 0.717) is 19.1 Å². The van der Waals surface area contributed by atoms with E-state index in [9.17, 15) is 4.79 Å². The molecule has 0 aromatic carbocycles. The van der Waals surface area contributed by atoms with E-state index in [4.69, 9.17) is 16.3 Å². The summed E-state index contributed by atoms with van der Waals surface area (Å²) in [5.41, 5.74) is 0.998. The van der Waals surface area contributed by atoms with Crippen LogP contribution < -0.4 is 0 Å². The van der Waals surface area contributed by atoms with Crippen molar-refractivity contribution in [3.05, 3.63) is 11.8 Å². The van der Waals surface area contributed by atoms with E-state index in [0.717, 1.165) is 5.70 Å². The summed E-state index contributed by atoms with van der Waals surface area (Å²) >= 11 is 5.57. The highest BCUT2D eigenvalue weighted by atomic mass is 35.5. The smallest absolute Gasteiger partial charge is 0.241 e. The molecule has 1 amide bonds. The number of rotatable bonds is 6. The van der Waals surface area contributed by atoms with Crippen LogP contribution in [0.4, 0.5) is 0 Å². The molecule has 0 rings (SSSR count). The molecule has 3 nitrogen and oxygen atoms in total. The standard InChI is InChI=1S/C11H20ClNO2/c1-5-10(9(2)3)13(6-7-15-4)11(14)8-12/h5,9H,6-8H2,1-4H3.